The summed E-state index contributed by atoms with van der Waals surface area (Å²) in [6.45, 7) is 5.90. The zero-order valence-corrected chi connectivity index (χ0v) is 13.4. The van der Waals surface area contributed by atoms with Crippen LogP contribution in [0.2, 0.25) is 0 Å². The van der Waals surface area contributed by atoms with Gasteiger partial charge >= 0.3 is 0 Å². The standard InChI is InChI=1S/C14H20BrN3O2/c1-10-7-11(20-2)8-12(15)14(10)18-5-3-17(4-6-18)9-13(16)19/h7-8H,3-6,9H2,1-2H3,(H2,16,19). The normalized spacial score (nSPS) is 16.2. The van der Waals surface area contributed by atoms with Crippen LogP contribution in [0, 0.1) is 6.92 Å². The Kier molecular flexibility index (Phi) is 4.88. The van der Waals surface area contributed by atoms with Crippen molar-refractivity contribution in [2.24, 2.45) is 5.73 Å². The number of nitrogens with zero attached hydrogens (tertiary/aromatic N) is 2. The van der Waals surface area contributed by atoms with Gasteiger partial charge in [0, 0.05) is 30.7 Å². The fourth-order valence-corrected chi connectivity index (χ4v) is 3.36. The molecule has 20 heavy (non-hydrogen) atoms. The van der Waals surface area contributed by atoms with Gasteiger partial charge in [-0.05, 0) is 40.5 Å². The first-order valence-electron chi connectivity index (χ1n) is 6.61. The number of hydrogen-bond acceptors (Lipinski definition) is 4. The summed E-state index contributed by atoms with van der Waals surface area (Å²) in [5.74, 6) is 0.589. The van der Waals surface area contributed by atoms with Crippen molar-refractivity contribution in [3.8, 4) is 5.75 Å². The van der Waals surface area contributed by atoms with Gasteiger partial charge in [0.2, 0.25) is 5.91 Å². The molecule has 1 fully saturated rings. The third-order valence-corrected chi connectivity index (χ3v) is 4.14. The fraction of sp³-hybridized carbons (Fsp3) is 0.500. The fourth-order valence-electron chi connectivity index (χ4n) is 2.57. The Hall–Kier alpha value is -1.27. The van der Waals surface area contributed by atoms with Gasteiger partial charge in [0.15, 0.2) is 0 Å². The minimum atomic E-state index is -0.264. The van der Waals surface area contributed by atoms with Crippen LogP contribution in [0.3, 0.4) is 0 Å². The van der Waals surface area contributed by atoms with Crippen molar-refractivity contribution in [3.05, 3.63) is 22.2 Å². The Morgan fingerprint density at radius 3 is 2.50 bits per heavy atom. The van der Waals surface area contributed by atoms with Crippen molar-refractivity contribution in [3.63, 3.8) is 0 Å². The number of benzene rings is 1. The van der Waals surface area contributed by atoms with E-state index < -0.39 is 0 Å². The molecule has 1 aliphatic rings. The smallest absolute Gasteiger partial charge is 0.231 e. The Labute approximate surface area is 127 Å². The topological polar surface area (TPSA) is 58.8 Å². The van der Waals surface area contributed by atoms with Crippen LogP contribution in [-0.2, 0) is 4.79 Å². The number of halogens is 1. The van der Waals surface area contributed by atoms with E-state index in [1.54, 1.807) is 7.11 Å². The molecule has 1 heterocycles. The Morgan fingerprint density at radius 2 is 2.00 bits per heavy atom. The molecule has 2 N–H and O–H groups in total. The Bertz CT molecular complexity index is 476. The average Bonchev–Trinajstić information content (AvgIpc) is 2.39. The van der Waals surface area contributed by atoms with Crippen LogP contribution in [-0.4, -0.2) is 50.6 Å². The van der Waals surface area contributed by atoms with Crippen LogP contribution in [0.4, 0.5) is 5.69 Å². The number of hydrogen-bond donors (Lipinski definition) is 1. The molecule has 110 valence electrons. The number of piperazine rings is 1. The molecule has 0 bridgehead atoms. The molecule has 2 rings (SSSR count). The molecule has 0 aliphatic carbocycles. The van der Waals surface area contributed by atoms with E-state index in [1.807, 2.05) is 12.1 Å². The molecule has 5 nitrogen and oxygen atoms in total. The molecule has 0 unspecified atom stereocenters. The van der Waals surface area contributed by atoms with Gasteiger partial charge in [-0.3, -0.25) is 9.69 Å². The van der Waals surface area contributed by atoms with Gasteiger partial charge < -0.3 is 15.4 Å². The third-order valence-electron chi connectivity index (χ3n) is 3.53. The van der Waals surface area contributed by atoms with E-state index >= 15 is 0 Å². The first kappa shape index (κ1) is 15.1. The second-order valence-electron chi connectivity index (χ2n) is 5.00. The van der Waals surface area contributed by atoms with Crippen molar-refractivity contribution in [1.29, 1.82) is 0 Å². The number of carbonyl (C=O) groups excluding carboxylic acids is 1. The van der Waals surface area contributed by atoms with Crippen LogP contribution in [0.25, 0.3) is 0 Å². The molecular weight excluding hydrogens is 322 g/mol. The largest absolute Gasteiger partial charge is 0.497 e. The zero-order chi connectivity index (χ0) is 14.7. The van der Waals surface area contributed by atoms with Crippen molar-refractivity contribution in [2.45, 2.75) is 6.92 Å². The first-order chi connectivity index (χ1) is 9.51. The second-order valence-corrected chi connectivity index (χ2v) is 5.86. The average molecular weight is 342 g/mol. The summed E-state index contributed by atoms with van der Waals surface area (Å²) >= 11 is 3.62. The van der Waals surface area contributed by atoms with Crippen LogP contribution in [0.5, 0.6) is 5.75 Å². The van der Waals surface area contributed by atoms with Crippen molar-refractivity contribution >= 4 is 27.5 Å². The van der Waals surface area contributed by atoms with Gasteiger partial charge in [-0.15, -0.1) is 0 Å². The number of aryl methyl sites for hydroxylation is 1. The summed E-state index contributed by atoms with van der Waals surface area (Å²) < 4.78 is 6.31. The quantitative estimate of drug-likeness (QED) is 0.898. The molecular formula is C14H20BrN3O2. The number of amides is 1. The van der Waals surface area contributed by atoms with Crippen LogP contribution >= 0.6 is 15.9 Å². The summed E-state index contributed by atoms with van der Waals surface area (Å²) in [7, 11) is 1.67. The molecule has 0 spiro atoms. The van der Waals surface area contributed by atoms with Crippen LogP contribution < -0.4 is 15.4 Å². The second kappa shape index (κ2) is 6.45. The van der Waals surface area contributed by atoms with E-state index in [0.29, 0.717) is 6.54 Å². The highest BCUT2D eigenvalue weighted by atomic mass is 79.9. The molecule has 1 aromatic rings. The highest BCUT2D eigenvalue weighted by Crippen LogP contribution is 2.34. The molecule has 6 heteroatoms. The number of anilines is 1. The minimum absolute atomic E-state index is 0.264. The van der Waals surface area contributed by atoms with E-state index in [2.05, 4.69) is 32.7 Å². The van der Waals surface area contributed by atoms with Gasteiger partial charge in [-0.1, -0.05) is 0 Å². The van der Waals surface area contributed by atoms with E-state index in [0.717, 1.165) is 36.4 Å². The number of carbonyl (C=O) groups is 1. The highest BCUT2D eigenvalue weighted by Gasteiger charge is 2.21. The zero-order valence-electron chi connectivity index (χ0n) is 11.9. The van der Waals surface area contributed by atoms with E-state index in [9.17, 15) is 4.79 Å². The molecule has 1 aliphatic heterocycles. The molecule has 1 saturated heterocycles. The maximum Gasteiger partial charge on any atom is 0.231 e. The summed E-state index contributed by atoms with van der Waals surface area (Å²) in [4.78, 5) is 15.4. The minimum Gasteiger partial charge on any atom is -0.497 e. The lowest BCUT2D eigenvalue weighted by molar-refractivity contribution is -0.119. The van der Waals surface area contributed by atoms with Crippen LogP contribution in [0.15, 0.2) is 16.6 Å². The molecule has 0 atom stereocenters. The van der Waals surface area contributed by atoms with Crippen molar-refractivity contribution in [2.75, 3.05) is 44.7 Å². The Balaban J connectivity index is 2.09. The number of ether oxygens (including phenoxy) is 1. The number of nitrogens with two attached hydrogens (primary N) is 1. The number of methoxy groups -OCH3 is 1. The predicted molar refractivity (Wildman–Crippen MR) is 83.3 cm³/mol. The van der Waals surface area contributed by atoms with Gasteiger partial charge in [0.25, 0.3) is 0 Å². The van der Waals surface area contributed by atoms with Gasteiger partial charge in [0.1, 0.15) is 5.75 Å². The predicted octanol–water partition coefficient (Wildman–Crippen LogP) is 1.37. The lowest BCUT2D eigenvalue weighted by atomic mass is 10.1. The monoisotopic (exact) mass is 341 g/mol. The highest BCUT2D eigenvalue weighted by molar-refractivity contribution is 9.10. The van der Waals surface area contributed by atoms with Crippen LogP contribution in [0.1, 0.15) is 5.56 Å². The number of primary amides is 1. The van der Waals surface area contributed by atoms with E-state index in [-0.39, 0.29) is 5.91 Å². The lowest BCUT2D eigenvalue weighted by Crippen LogP contribution is -2.49. The third kappa shape index (κ3) is 3.43. The SMILES string of the molecule is COc1cc(C)c(N2CCN(CC(N)=O)CC2)c(Br)c1. The maximum absolute atomic E-state index is 10.9. The first-order valence-corrected chi connectivity index (χ1v) is 7.40. The summed E-state index contributed by atoms with van der Waals surface area (Å²) in [6.07, 6.45) is 0. The molecule has 0 radical (unpaired) electrons. The van der Waals surface area contributed by atoms with E-state index in [1.165, 1.54) is 11.3 Å². The van der Waals surface area contributed by atoms with Crippen molar-refractivity contribution in [1.82, 2.24) is 4.90 Å². The maximum atomic E-state index is 10.9. The Morgan fingerprint density at radius 1 is 1.35 bits per heavy atom. The van der Waals surface area contributed by atoms with Gasteiger partial charge in [-0.25, -0.2) is 0 Å². The molecule has 0 saturated carbocycles. The summed E-state index contributed by atoms with van der Waals surface area (Å²) in [5.41, 5.74) is 7.61. The molecule has 1 amide bonds. The summed E-state index contributed by atoms with van der Waals surface area (Å²) in [5, 5.41) is 0. The van der Waals surface area contributed by atoms with Gasteiger partial charge in [-0.2, -0.15) is 0 Å². The number of rotatable bonds is 4. The van der Waals surface area contributed by atoms with Gasteiger partial charge in [0.05, 0.1) is 19.3 Å². The van der Waals surface area contributed by atoms with E-state index in [4.69, 9.17) is 10.5 Å². The summed E-state index contributed by atoms with van der Waals surface area (Å²) in [6, 6.07) is 4.02. The van der Waals surface area contributed by atoms with Crippen molar-refractivity contribution < 1.29 is 9.53 Å². The lowest BCUT2D eigenvalue weighted by Gasteiger charge is -2.36. The molecule has 1 aromatic carbocycles. The molecule has 0 aromatic heterocycles.